The number of nitrogens with one attached hydrogen (secondary N) is 1. The quantitative estimate of drug-likeness (QED) is 0.649. The summed E-state index contributed by atoms with van der Waals surface area (Å²) in [6, 6.07) is 9.94. The van der Waals surface area contributed by atoms with E-state index in [0.717, 1.165) is 5.56 Å². The number of fused-ring (bicyclic) bond motifs is 2. The van der Waals surface area contributed by atoms with Crippen LogP contribution in [0, 0.1) is 0 Å². The van der Waals surface area contributed by atoms with Gasteiger partial charge in [-0.05, 0) is 19.4 Å². The molecule has 1 aromatic carbocycles. The molecular formula is C20H21N5O5. The van der Waals surface area contributed by atoms with Gasteiger partial charge in [-0.1, -0.05) is 30.3 Å². The number of carboxylic acid groups (broad SMARTS) is 1. The highest BCUT2D eigenvalue weighted by atomic mass is 16.8. The average Bonchev–Trinajstić information content (AvgIpc) is 3.37. The van der Waals surface area contributed by atoms with Crippen LogP contribution < -0.4 is 5.32 Å². The van der Waals surface area contributed by atoms with Crippen molar-refractivity contribution in [2.75, 3.05) is 5.32 Å². The third-order valence-electron chi connectivity index (χ3n) is 5.21. The van der Waals surface area contributed by atoms with Crippen molar-refractivity contribution in [3.05, 3.63) is 48.5 Å². The summed E-state index contributed by atoms with van der Waals surface area (Å²) in [5, 5.41) is 12.8. The lowest BCUT2D eigenvalue weighted by atomic mass is 10.1. The topological polar surface area (TPSA) is 121 Å². The van der Waals surface area contributed by atoms with Crippen LogP contribution in [0.15, 0.2) is 43.0 Å². The van der Waals surface area contributed by atoms with Gasteiger partial charge in [0, 0.05) is 6.54 Å². The Bertz CT molecular complexity index is 1090. The van der Waals surface area contributed by atoms with Gasteiger partial charge in [0.15, 0.2) is 35.1 Å². The molecule has 0 radical (unpaired) electrons. The van der Waals surface area contributed by atoms with Crippen LogP contribution in [0.2, 0.25) is 0 Å². The molecule has 3 aromatic rings. The Balaban J connectivity index is 1.46. The van der Waals surface area contributed by atoms with Crippen molar-refractivity contribution >= 4 is 23.0 Å². The number of aliphatic carboxylic acids is 1. The van der Waals surface area contributed by atoms with Gasteiger partial charge < -0.3 is 24.6 Å². The SMILES string of the molecule is CC1(C)O[C@@H]2[C@H](O1)[C@H](C(=O)O)O[C@H]2n1cnc2c(NCc3ccccc3)ncnc21. The van der Waals surface area contributed by atoms with Crippen molar-refractivity contribution in [3.8, 4) is 0 Å². The maximum absolute atomic E-state index is 11.7. The van der Waals surface area contributed by atoms with Gasteiger partial charge in [-0.2, -0.15) is 0 Å². The van der Waals surface area contributed by atoms with Crippen LogP contribution in [0.1, 0.15) is 25.6 Å². The smallest absolute Gasteiger partial charge is 0.335 e. The van der Waals surface area contributed by atoms with E-state index >= 15 is 0 Å². The van der Waals surface area contributed by atoms with Gasteiger partial charge in [0.1, 0.15) is 18.5 Å². The van der Waals surface area contributed by atoms with Crippen molar-refractivity contribution in [1.29, 1.82) is 0 Å². The first-order valence-corrected chi connectivity index (χ1v) is 9.62. The van der Waals surface area contributed by atoms with E-state index in [0.29, 0.717) is 23.5 Å². The lowest BCUT2D eigenvalue weighted by Crippen LogP contribution is -2.35. The van der Waals surface area contributed by atoms with Gasteiger partial charge in [-0.15, -0.1) is 0 Å². The van der Waals surface area contributed by atoms with E-state index in [-0.39, 0.29) is 0 Å². The van der Waals surface area contributed by atoms with E-state index < -0.39 is 36.3 Å². The van der Waals surface area contributed by atoms with E-state index in [2.05, 4.69) is 20.3 Å². The van der Waals surface area contributed by atoms with Crippen LogP contribution in [-0.2, 0) is 25.5 Å². The summed E-state index contributed by atoms with van der Waals surface area (Å²) in [6.07, 6.45) is -0.207. The highest BCUT2D eigenvalue weighted by Crippen LogP contribution is 2.43. The van der Waals surface area contributed by atoms with Crippen molar-refractivity contribution in [3.63, 3.8) is 0 Å². The predicted octanol–water partition coefficient (Wildman–Crippen LogP) is 1.94. The Morgan fingerprint density at radius 2 is 1.93 bits per heavy atom. The minimum atomic E-state index is -1.14. The van der Waals surface area contributed by atoms with Gasteiger partial charge in [-0.25, -0.2) is 19.7 Å². The molecule has 4 heterocycles. The van der Waals surface area contributed by atoms with Gasteiger partial charge >= 0.3 is 5.97 Å². The molecule has 10 nitrogen and oxygen atoms in total. The monoisotopic (exact) mass is 411 g/mol. The second-order valence-corrected chi connectivity index (χ2v) is 7.74. The minimum absolute atomic E-state index is 0.517. The normalized spacial score (nSPS) is 27.3. The van der Waals surface area contributed by atoms with Crippen LogP contribution in [0.25, 0.3) is 11.2 Å². The van der Waals surface area contributed by atoms with Crippen LogP contribution in [0.3, 0.4) is 0 Å². The third-order valence-corrected chi connectivity index (χ3v) is 5.21. The zero-order chi connectivity index (χ0) is 20.9. The lowest BCUT2D eigenvalue weighted by Gasteiger charge is -2.23. The number of rotatable bonds is 5. The number of aromatic nitrogens is 4. The summed E-state index contributed by atoms with van der Waals surface area (Å²) in [5.41, 5.74) is 2.18. The fraction of sp³-hybridized carbons (Fsp3) is 0.400. The van der Waals surface area contributed by atoms with Crippen LogP contribution in [0.5, 0.6) is 0 Å². The molecule has 0 aliphatic carbocycles. The number of imidazole rings is 1. The Kier molecular flexibility index (Phi) is 4.42. The number of hydrogen-bond donors (Lipinski definition) is 2. The van der Waals surface area contributed by atoms with Crippen LogP contribution >= 0.6 is 0 Å². The minimum Gasteiger partial charge on any atom is -0.479 e. The number of nitrogens with zero attached hydrogens (tertiary/aromatic N) is 4. The number of carboxylic acids is 1. The van der Waals surface area contributed by atoms with E-state index in [4.69, 9.17) is 14.2 Å². The van der Waals surface area contributed by atoms with Crippen molar-refractivity contribution < 1.29 is 24.1 Å². The van der Waals surface area contributed by atoms with Crippen LogP contribution in [-0.4, -0.2) is 54.7 Å². The van der Waals surface area contributed by atoms with Gasteiger partial charge in [-0.3, -0.25) is 4.57 Å². The molecule has 2 saturated heterocycles. The maximum Gasteiger partial charge on any atom is 0.335 e. The molecule has 2 N–H and O–H groups in total. The van der Waals surface area contributed by atoms with Crippen molar-refractivity contribution in [2.24, 2.45) is 0 Å². The number of benzene rings is 1. The molecule has 2 aliphatic rings. The van der Waals surface area contributed by atoms with E-state index in [1.807, 2.05) is 30.3 Å². The van der Waals surface area contributed by atoms with Gasteiger partial charge in [0.2, 0.25) is 0 Å². The fourth-order valence-electron chi connectivity index (χ4n) is 3.95. The first-order chi connectivity index (χ1) is 14.4. The Labute approximate surface area is 171 Å². The summed E-state index contributed by atoms with van der Waals surface area (Å²) in [4.78, 5) is 24.8. The molecular weight excluding hydrogens is 390 g/mol. The Morgan fingerprint density at radius 1 is 1.17 bits per heavy atom. The van der Waals surface area contributed by atoms with E-state index in [1.165, 1.54) is 6.33 Å². The maximum atomic E-state index is 11.7. The van der Waals surface area contributed by atoms with Gasteiger partial charge in [0.05, 0.1) is 6.33 Å². The zero-order valence-corrected chi connectivity index (χ0v) is 16.4. The van der Waals surface area contributed by atoms with Crippen molar-refractivity contribution in [1.82, 2.24) is 19.5 Å². The molecule has 2 aliphatic heterocycles. The molecule has 0 unspecified atom stereocenters. The molecule has 0 amide bonds. The standard InChI is InChI=1S/C20H21N5O5/c1-20(2)29-13-14(30-20)18(28-15(13)19(26)27)25-10-24-12-16(22-9-23-17(12)25)21-8-11-6-4-3-5-7-11/h3-7,9-10,13-15,18H,8H2,1-2H3,(H,26,27)(H,21,22,23)/t13-,14+,15+,18+/m0/s1. The molecule has 5 rings (SSSR count). The number of ether oxygens (including phenoxy) is 3. The van der Waals surface area contributed by atoms with Gasteiger partial charge in [0.25, 0.3) is 0 Å². The number of carbonyl (C=O) groups is 1. The highest BCUT2D eigenvalue weighted by Gasteiger charge is 2.58. The summed E-state index contributed by atoms with van der Waals surface area (Å²) >= 11 is 0. The molecule has 10 heteroatoms. The average molecular weight is 411 g/mol. The molecule has 156 valence electrons. The predicted molar refractivity (Wildman–Crippen MR) is 104 cm³/mol. The second-order valence-electron chi connectivity index (χ2n) is 7.74. The Morgan fingerprint density at radius 3 is 2.70 bits per heavy atom. The molecule has 4 atom stereocenters. The number of hydrogen-bond acceptors (Lipinski definition) is 8. The first kappa shape index (κ1) is 18.9. The zero-order valence-electron chi connectivity index (χ0n) is 16.4. The summed E-state index contributed by atoms with van der Waals surface area (Å²) in [7, 11) is 0. The van der Waals surface area contributed by atoms with Crippen LogP contribution in [0.4, 0.5) is 5.82 Å². The fourth-order valence-corrected chi connectivity index (χ4v) is 3.95. The van der Waals surface area contributed by atoms with E-state index in [1.54, 1.807) is 24.7 Å². The summed E-state index contributed by atoms with van der Waals surface area (Å²) in [6.45, 7) is 4.08. The largest absolute Gasteiger partial charge is 0.479 e. The van der Waals surface area contributed by atoms with Crippen molar-refractivity contribution in [2.45, 2.75) is 50.7 Å². The summed E-state index contributed by atoms with van der Waals surface area (Å²) < 4.78 is 19.2. The molecule has 0 bridgehead atoms. The molecule has 2 fully saturated rings. The Hall–Kier alpha value is -3.08. The lowest BCUT2D eigenvalue weighted by molar-refractivity contribution is -0.202. The highest BCUT2D eigenvalue weighted by molar-refractivity contribution is 5.82. The molecule has 30 heavy (non-hydrogen) atoms. The molecule has 2 aromatic heterocycles. The second kappa shape index (κ2) is 7.01. The summed E-state index contributed by atoms with van der Waals surface area (Å²) in [5.74, 6) is -1.42. The first-order valence-electron chi connectivity index (χ1n) is 9.62. The van der Waals surface area contributed by atoms with E-state index in [9.17, 15) is 9.90 Å². The number of anilines is 1. The third kappa shape index (κ3) is 3.18. The molecule has 0 spiro atoms. The molecule has 0 saturated carbocycles.